The number of aryl methyl sites for hydroxylation is 1. The smallest absolute Gasteiger partial charge is 0.255 e. The molecule has 1 amide bonds. The summed E-state index contributed by atoms with van der Waals surface area (Å²) in [7, 11) is 3.21. The first kappa shape index (κ1) is 24.0. The SMILES string of the molecule is CCCCc1ccc(O)c2c1CC1CC3[C@H](N(C)C)C(O)=C(C(N)=O)C(=O)[C@@]3(O)C(O)=C1C2=O. The zero-order valence-electron chi connectivity index (χ0n) is 19.5. The topological polar surface area (TPSA) is 161 Å². The molecule has 3 aliphatic rings. The van der Waals surface area contributed by atoms with Gasteiger partial charge in [-0.2, -0.15) is 0 Å². The summed E-state index contributed by atoms with van der Waals surface area (Å²) >= 11 is 0. The van der Waals surface area contributed by atoms with Crippen molar-refractivity contribution in [3.05, 3.63) is 51.5 Å². The number of amides is 1. The van der Waals surface area contributed by atoms with Crippen LogP contribution in [0.1, 0.15) is 47.7 Å². The number of aliphatic hydroxyl groups is 3. The average molecular weight is 471 g/mol. The molecule has 9 nitrogen and oxygen atoms in total. The van der Waals surface area contributed by atoms with Gasteiger partial charge < -0.3 is 26.2 Å². The largest absolute Gasteiger partial charge is 0.510 e. The van der Waals surface area contributed by atoms with Gasteiger partial charge in [0.25, 0.3) is 5.91 Å². The van der Waals surface area contributed by atoms with Crippen molar-refractivity contribution in [1.29, 1.82) is 0 Å². The van der Waals surface area contributed by atoms with Gasteiger partial charge in [0.15, 0.2) is 11.4 Å². The van der Waals surface area contributed by atoms with E-state index in [0.29, 0.717) is 12.0 Å². The molecule has 6 N–H and O–H groups in total. The third-order valence-corrected chi connectivity index (χ3v) is 7.50. The van der Waals surface area contributed by atoms with Crippen molar-refractivity contribution in [1.82, 2.24) is 4.90 Å². The molecule has 3 aliphatic carbocycles. The van der Waals surface area contributed by atoms with Gasteiger partial charge in [-0.3, -0.25) is 19.3 Å². The number of hydrogen-bond donors (Lipinski definition) is 5. The second-order valence-corrected chi connectivity index (χ2v) is 9.66. The molecule has 0 fully saturated rings. The molecule has 9 heteroatoms. The summed E-state index contributed by atoms with van der Waals surface area (Å²) in [5.74, 6) is -6.33. The van der Waals surface area contributed by atoms with Gasteiger partial charge in [0.2, 0.25) is 5.78 Å². The minimum absolute atomic E-state index is 0.0642. The average Bonchev–Trinajstić information content (AvgIpc) is 2.75. The maximum absolute atomic E-state index is 13.6. The molecule has 0 aliphatic heterocycles. The normalized spacial score (nSPS) is 28.7. The highest BCUT2D eigenvalue weighted by molar-refractivity contribution is 6.24. The number of primary amides is 1. The lowest BCUT2D eigenvalue weighted by molar-refractivity contribution is -0.148. The van der Waals surface area contributed by atoms with Gasteiger partial charge in [0.05, 0.1) is 11.6 Å². The Hall–Kier alpha value is -3.17. The van der Waals surface area contributed by atoms with Crippen LogP contribution < -0.4 is 5.73 Å². The van der Waals surface area contributed by atoms with Gasteiger partial charge in [-0.05, 0) is 62.9 Å². The Balaban J connectivity index is 1.93. The molecule has 0 bridgehead atoms. The molecule has 0 radical (unpaired) electrons. The molecular weight excluding hydrogens is 440 g/mol. The van der Waals surface area contributed by atoms with Crippen molar-refractivity contribution in [2.24, 2.45) is 17.6 Å². The Labute approximate surface area is 197 Å². The van der Waals surface area contributed by atoms with Gasteiger partial charge in [-0.15, -0.1) is 0 Å². The second-order valence-electron chi connectivity index (χ2n) is 9.66. The van der Waals surface area contributed by atoms with Gasteiger partial charge in [0.1, 0.15) is 22.8 Å². The molecule has 182 valence electrons. The highest BCUT2D eigenvalue weighted by Crippen LogP contribution is 2.52. The third kappa shape index (κ3) is 3.18. The second kappa shape index (κ2) is 8.25. The minimum Gasteiger partial charge on any atom is -0.510 e. The van der Waals surface area contributed by atoms with E-state index in [1.54, 1.807) is 20.2 Å². The van der Waals surface area contributed by atoms with Crippen LogP contribution in [0.4, 0.5) is 0 Å². The molecular formula is C25H30N2O7. The van der Waals surface area contributed by atoms with Crippen LogP contribution >= 0.6 is 0 Å². The standard InChI is InChI=1S/C25H30N2O7/c1-4-5-6-11-7-8-15(28)17-13(11)9-12-10-14-19(27(2)3)21(30)18(24(26)33)23(32)25(14,34)22(31)16(12)20(17)29/h7-8,12,14,19,28,30-31,34H,4-6,9-10H2,1-3H3,(H2,26,33)/t12?,14?,19-,25-/m0/s1. The van der Waals surface area contributed by atoms with Crippen LogP contribution in [0, 0.1) is 11.8 Å². The van der Waals surface area contributed by atoms with Crippen LogP contribution in [0.3, 0.4) is 0 Å². The number of aromatic hydroxyl groups is 1. The van der Waals surface area contributed by atoms with Crippen LogP contribution in [-0.2, 0) is 22.4 Å². The number of hydrogen-bond acceptors (Lipinski definition) is 8. The highest BCUT2D eigenvalue weighted by atomic mass is 16.3. The minimum atomic E-state index is -2.61. The molecule has 4 atom stereocenters. The Morgan fingerprint density at radius 3 is 2.47 bits per heavy atom. The summed E-state index contributed by atoms with van der Waals surface area (Å²) in [4.78, 5) is 40.3. The zero-order valence-corrected chi connectivity index (χ0v) is 19.5. The summed E-state index contributed by atoms with van der Waals surface area (Å²) < 4.78 is 0. The number of carbonyl (C=O) groups is 3. The number of nitrogens with zero attached hydrogens (tertiary/aromatic N) is 1. The molecule has 34 heavy (non-hydrogen) atoms. The van der Waals surface area contributed by atoms with Gasteiger partial charge in [-0.1, -0.05) is 19.4 Å². The van der Waals surface area contributed by atoms with E-state index < -0.39 is 58.0 Å². The Morgan fingerprint density at radius 2 is 1.88 bits per heavy atom. The monoisotopic (exact) mass is 470 g/mol. The summed E-state index contributed by atoms with van der Waals surface area (Å²) in [6.07, 6.45) is 2.99. The van der Waals surface area contributed by atoms with Crippen molar-refractivity contribution in [3.63, 3.8) is 0 Å². The lowest BCUT2D eigenvalue weighted by atomic mass is 9.58. The first-order chi connectivity index (χ1) is 16.0. The molecule has 0 aromatic heterocycles. The number of Topliss-reactive ketones (excluding diaryl/α,β-unsaturated/α-hetero) is 2. The number of likely N-dealkylation sites (N-methyl/N-ethyl adjacent to an activating group) is 1. The predicted octanol–water partition coefficient (Wildman–Crippen LogP) is 1.46. The van der Waals surface area contributed by atoms with Crippen LogP contribution in [0.2, 0.25) is 0 Å². The number of phenols is 1. The van der Waals surface area contributed by atoms with Crippen molar-refractivity contribution in [3.8, 4) is 5.75 Å². The molecule has 0 saturated heterocycles. The van der Waals surface area contributed by atoms with Crippen LogP contribution in [-0.4, -0.2) is 68.5 Å². The van der Waals surface area contributed by atoms with E-state index in [9.17, 15) is 34.8 Å². The summed E-state index contributed by atoms with van der Waals surface area (Å²) in [6.45, 7) is 2.06. The number of carbonyl (C=O) groups excluding carboxylic acids is 3. The highest BCUT2D eigenvalue weighted by Gasteiger charge is 2.63. The van der Waals surface area contributed by atoms with Crippen molar-refractivity contribution >= 4 is 17.5 Å². The molecule has 0 spiro atoms. The predicted molar refractivity (Wildman–Crippen MR) is 122 cm³/mol. The molecule has 2 unspecified atom stereocenters. The summed E-state index contributed by atoms with van der Waals surface area (Å²) in [5, 5.41) is 44.1. The quantitative estimate of drug-likeness (QED) is 0.404. The molecule has 0 heterocycles. The Bertz CT molecular complexity index is 1170. The lowest BCUT2D eigenvalue weighted by Gasteiger charge is -2.50. The van der Waals surface area contributed by atoms with Gasteiger partial charge >= 0.3 is 0 Å². The van der Waals surface area contributed by atoms with Crippen LogP contribution in [0.5, 0.6) is 5.75 Å². The van der Waals surface area contributed by atoms with E-state index in [0.717, 1.165) is 24.8 Å². The summed E-state index contributed by atoms with van der Waals surface area (Å²) in [6, 6.07) is 2.25. The number of aliphatic hydroxyl groups excluding tert-OH is 2. The number of nitrogens with two attached hydrogens (primary N) is 1. The number of fused-ring (bicyclic) bond motifs is 3. The maximum Gasteiger partial charge on any atom is 0.255 e. The molecule has 1 aromatic carbocycles. The van der Waals surface area contributed by atoms with E-state index >= 15 is 0 Å². The molecule has 0 saturated carbocycles. The number of unbranched alkanes of at least 4 members (excludes halogenated alkanes) is 1. The fourth-order valence-electron chi connectivity index (χ4n) is 5.92. The molecule has 1 aromatic rings. The van der Waals surface area contributed by atoms with E-state index in [4.69, 9.17) is 5.73 Å². The third-order valence-electron chi connectivity index (χ3n) is 7.50. The fourth-order valence-corrected chi connectivity index (χ4v) is 5.92. The van der Waals surface area contributed by atoms with Gasteiger partial charge in [-0.25, -0.2) is 0 Å². The van der Waals surface area contributed by atoms with Crippen LogP contribution in [0.25, 0.3) is 0 Å². The van der Waals surface area contributed by atoms with E-state index in [1.807, 2.05) is 0 Å². The van der Waals surface area contributed by atoms with Crippen molar-refractivity contribution in [2.45, 2.75) is 50.7 Å². The maximum atomic E-state index is 13.6. The Morgan fingerprint density at radius 1 is 1.21 bits per heavy atom. The first-order valence-corrected chi connectivity index (χ1v) is 11.4. The number of allylic oxidation sites excluding steroid dienone is 1. The summed E-state index contributed by atoms with van der Waals surface area (Å²) in [5.41, 5.74) is 3.48. The van der Waals surface area contributed by atoms with Crippen LogP contribution in [0.15, 0.2) is 34.8 Å². The lowest BCUT2D eigenvalue weighted by Crippen LogP contribution is -2.63. The number of phenolic OH excluding ortho intramolecular Hbond substituents is 1. The zero-order chi connectivity index (χ0) is 25.1. The first-order valence-electron chi connectivity index (χ1n) is 11.4. The van der Waals surface area contributed by atoms with Gasteiger partial charge in [0, 0.05) is 11.5 Å². The molecule has 4 rings (SSSR count). The number of ketones is 2. The fraction of sp³-hybridized carbons (Fsp3) is 0.480. The van der Waals surface area contributed by atoms with E-state index in [1.165, 1.54) is 11.0 Å². The van der Waals surface area contributed by atoms with E-state index in [2.05, 4.69) is 6.92 Å². The van der Waals surface area contributed by atoms with Crippen molar-refractivity contribution < 1.29 is 34.8 Å². The number of benzene rings is 1. The van der Waals surface area contributed by atoms with E-state index in [-0.39, 0.29) is 23.3 Å². The Kier molecular flexibility index (Phi) is 5.81. The number of rotatable bonds is 5. The van der Waals surface area contributed by atoms with Crippen molar-refractivity contribution in [2.75, 3.05) is 14.1 Å².